The fourth-order valence-corrected chi connectivity index (χ4v) is 1.26. The van der Waals surface area contributed by atoms with Crippen molar-refractivity contribution in [1.29, 1.82) is 0 Å². The molecule has 0 aromatic rings. The zero-order valence-corrected chi connectivity index (χ0v) is 9.64. The van der Waals surface area contributed by atoms with Gasteiger partial charge in [0.15, 0.2) is 0 Å². The van der Waals surface area contributed by atoms with Gasteiger partial charge in [0.25, 0.3) is 0 Å². The van der Waals surface area contributed by atoms with Crippen molar-refractivity contribution >= 4 is 22.8 Å². The van der Waals surface area contributed by atoms with E-state index in [1.807, 2.05) is 13.8 Å². The summed E-state index contributed by atoms with van der Waals surface area (Å²) in [5.41, 5.74) is 0. The first-order valence-electron chi connectivity index (χ1n) is 5.12. The van der Waals surface area contributed by atoms with Gasteiger partial charge in [0.05, 0.1) is 0 Å². The summed E-state index contributed by atoms with van der Waals surface area (Å²) in [6.45, 7) is 5.36. The second kappa shape index (κ2) is 7.80. The molecule has 0 spiro atoms. The topological polar surface area (TPSA) is 37.4 Å². The van der Waals surface area contributed by atoms with Crippen LogP contribution in [0.3, 0.4) is 0 Å². The van der Waals surface area contributed by atoms with Gasteiger partial charge in [0.1, 0.15) is 0 Å². The van der Waals surface area contributed by atoms with Crippen molar-refractivity contribution in [2.75, 3.05) is 13.1 Å². The maximum atomic E-state index is 11.3. The smallest absolute Gasteiger partial charge is 0.310 e. The number of rotatable bonds is 7. The molecule has 0 saturated carbocycles. The van der Waals surface area contributed by atoms with Crippen molar-refractivity contribution in [3.8, 4) is 0 Å². The van der Waals surface area contributed by atoms with E-state index in [0.717, 1.165) is 25.7 Å². The quantitative estimate of drug-likeness (QED) is 0.486. The number of nitrogens with zero attached hydrogens (tertiary/aromatic N) is 1. The minimum absolute atomic E-state index is 0.562. The van der Waals surface area contributed by atoms with Crippen molar-refractivity contribution in [2.45, 2.75) is 39.5 Å². The lowest BCUT2D eigenvalue weighted by Gasteiger charge is -2.20. The van der Waals surface area contributed by atoms with E-state index in [4.69, 9.17) is 11.6 Å². The lowest BCUT2D eigenvalue weighted by molar-refractivity contribution is -0.140. The molecule has 0 N–H and O–H groups in total. The second-order valence-electron chi connectivity index (χ2n) is 3.27. The summed E-state index contributed by atoms with van der Waals surface area (Å²) in [5.74, 6) is -0.562. The molecule has 14 heavy (non-hydrogen) atoms. The minimum atomic E-state index is -0.878. The van der Waals surface area contributed by atoms with Gasteiger partial charge in [-0.05, 0) is 24.4 Å². The molecule has 0 aliphatic rings. The number of carbonyl (C=O) groups excluding carboxylic acids is 2. The van der Waals surface area contributed by atoms with Crippen LogP contribution in [0.2, 0.25) is 0 Å². The second-order valence-corrected chi connectivity index (χ2v) is 3.62. The van der Waals surface area contributed by atoms with Crippen molar-refractivity contribution < 1.29 is 9.59 Å². The van der Waals surface area contributed by atoms with Crippen LogP contribution in [-0.2, 0) is 9.59 Å². The average Bonchev–Trinajstić information content (AvgIpc) is 2.17. The van der Waals surface area contributed by atoms with Crippen molar-refractivity contribution in [3.05, 3.63) is 0 Å². The Kier molecular flexibility index (Phi) is 7.48. The number of carbonyl (C=O) groups is 2. The molecule has 0 bridgehead atoms. The molecular formula is C10H18ClNO2. The normalized spacial score (nSPS) is 9.93. The van der Waals surface area contributed by atoms with Crippen LogP contribution >= 0.6 is 11.6 Å². The molecule has 0 aromatic heterocycles. The Labute approximate surface area is 90.4 Å². The predicted molar refractivity (Wildman–Crippen MR) is 57.3 cm³/mol. The lowest BCUT2D eigenvalue weighted by Crippen LogP contribution is -2.36. The van der Waals surface area contributed by atoms with Crippen LogP contribution < -0.4 is 0 Å². The summed E-state index contributed by atoms with van der Waals surface area (Å²) in [4.78, 5) is 23.5. The first kappa shape index (κ1) is 13.4. The molecule has 0 rings (SSSR count). The number of hydrogen-bond donors (Lipinski definition) is 0. The third kappa shape index (κ3) is 5.22. The highest BCUT2D eigenvalue weighted by molar-refractivity contribution is 6.80. The van der Waals surface area contributed by atoms with E-state index in [1.54, 1.807) is 4.90 Å². The van der Waals surface area contributed by atoms with Gasteiger partial charge in [0, 0.05) is 13.1 Å². The summed E-state index contributed by atoms with van der Waals surface area (Å²) >= 11 is 5.15. The summed E-state index contributed by atoms with van der Waals surface area (Å²) < 4.78 is 0. The standard InChI is InChI=1S/C10H18ClNO2/c1-3-5-7-12(8-6-4-2)10(14)9(11)13/h3-8H2,1-2H3. The van der Waals surface area contributed by atoms with Crippen molar-refractivity contribution in [1.82, 2.24) is 4.90 Å². The van der Waals surface area contributed by atoms with Gasteiger partial charge in [0.2, 0.25) is 0 Å². The molecule has 4 heteroatoms. The van der Waals surface area contributed by atoms with E-state index in [2.05, 4.69) is 0 Å². The Morgan fingerprint density at radius 3 is 1.79 bits per heavy atom. The summed E-state index contributed by atoms with van der Waals surface area (Å²) in [6, 6.07) is 0. The molecule has 3 nitrogen and oxygen atoms in total. The zero-order chi connectivity index (χ0) is 11.0. The molecule has 0 heterocycles. The van der Waals surface area contributed by atoms with Crippen LogP contribution in [0, 0.1) is 0 Å². The van der Waals surface area contributed by atoms with E-state index in [9.17, 15) is 9.59 Å². The summed E-state index contributed by atoms with van der Waals surface area (Å²) in [6.07, 6.45) is 3.85. The van der Waals surface area contributed by atoms with E-state index < -0.39 is 11.1 Å². The van der Waals surface area contributed by atoms with Crippen LogP contribution in [-0.4, -0.2) is 29.1 Å². The van der Waals surface area contributed by atoms with Crippen molar-refractivity contribution in [2.24, 2.45) is 0 Å². The van der Waals surface area contributed by atoms with Crippen LogP contribution in [0.25, 0.3) is 0 Å². The van der Waals surface area contributed by atoms with E-state index in [1.165, 1.54) is 0 Å². The van der Waals surface area contributed by atoms with Gasteiger partial charge in [-0.2, -0.15) is 0 Å². The maximum absolute atomic E-state index is 11.3. The maximum Gasteiger partial charge on any atom is 0.310 e. The molecule has 82 valence electrons. The Hall–Kier alpha value is -0.570. The molecule has 0 aliphatic heterocycles. The van der Waals surface area contributed by atoms with Crippen LogP contribution in [0.4, 0.5) is 0 Å². The van der Waals surface area contributed by atoms with Crippen LogP contribution in [0.5, 0.6) is 0 Å². The molecule has 0 atom stereocenters. The van der Waals surface area contributed by atoms with Crippen LogP contribution in [0.1, 0.15) is 39.5 Å². The third-order valence-electron chi connectivity index (χ3n) is 2.02. The summed E-state index contributed by atoms with van der Waals surface area (Å²) in [7, 11) is 0. The highest BCUT2D eigenvalue weighted by Gasteiger charge is 2.18. The highest BCUT2D eigenvalue weighted by atomic mass is 35.5. The number of hydrogen-bond acceptors (Lipinski definition) is 2. The molecule has 0 radical (unpaired) electrons. The molecule has 0 fully saturated rings. The van der Waals surface area contributed by atoms with Crippen molar-refractivity contribution in [3.63, 3.8) is 0 Å². The first-order chi connectivity index (χ1) is 6.63. The number of halogens is 1. The highest BCUT2D eigenvalue weighted by Crippen LogP contribution is 2.01. The lowest BCUT2D eigenvalue weighted by atomic mass is 10.2. The Bertz CT molecular complexity index is 187. The van der Waals surface area contributed by atoms with Gasteiger partial charge in [-0.3, -0.25) is 9.59 Å². The molecule has 1 amide bonds. The van der Waals surface area contributed by atoms with Gasteiger partial charge in [-0.25, -0.2) is 0 Å². The molecule has 0 aliphatic carbocycles. The van der Waals surface area contributed by atoms with E-state index in [-0.39, 0.29) is 0 Å². The van der Waals surface area contributed by atoms with Gasteiger partial charge >= 0.3 is 11.1 Å². The number of unbranched alkanes of at least 4 members (excludes halogenated alkanes) is 2. The summed E-state index contributed by atoms with van der Waals surface area (Å²) in [5, 5.41) is -0.878. The van der Waals surface area contributed by atoms with Gasteiger partial charge < -0.3 is 4.90 Å². The molecule has 0 saturated heterocycles. The minimum Gasteiger partial charge on any atom is -0.335 e. The van der Waals surface area contributed by atoms with Gasteiger partial charge in [-0.1, -0.05) is 26.7 Å². The van der Waals surface area contributed by atoms with Crippen LogP contribution in [0.15, 0.2) is 0 Å². The van der Waals surface area contributed by atoms with E-state index >= 15 is 0 Å². The first-order valence-corrected chi connectivity index (χ1v) is 5.50. The third-order valence-corrected chi connectivity index (χ3v) is 2.18. The predicted octanol–water partition coefficient (Wildman–Crippen LogP) is 2.18. The molecular weight excluding hydrogens is 202 g/mol. The number of amides is 1. The SMILES string of the molecule is CCCCN(CCCC)C(=O)C(=O)Cl. The molecule has 0 aromatic carbocycles. The molecule has 0 unspecified atom stereocenters. The van der Waals surface area contributed by atoms with E-state index in [0.29, 0.717) is 13.1 Å². The fraction of sp³-hybridized carbons (Fsp3) is 0.800. The average molecular weight is 220 g/mol. The van der Waals surface area contributed by atoms with Gasteiger partial charge in [-0.15, -0.1) is 0 Å². The Morgan fingerprint density at radius 1 is 1.07 bits per heavy atom. The monoisotopic (exact) mass is 219 g/mol. The zero-order valence-electron chi connectivity index (χ0n) is 8.88. The Morgan fingerprint density at radius 2 is 1.50 bits per heavy atom. The fourth-order valence-electron chi connectivity index (χ4n) is 1.14. The Balaban J connectivity index is 4.08. The largest absolute Gasteiger partial charge is 0.335 e.